The number of methoxy groups -OCH3 is 2. The molecule has 0 aliphatic carbocycles. The minimum Gasteiger partial charge on any atom is -0.493 e. The third-order valence-electron chi connectivity index (χ3n) is 7.73. The van der Waals surface area contributed by atoms with Gasteiger partial charge in [0.1, 0.15) is 11.3 Å². The number of nitrogens with zero attached hydrogens (tertiary/aromatic N) is 5. The van der Waals surface area contributed by atoms with Crippen LogP contribution < -0.4 is 9.47 Å². The van der Waals surface area contributed by atoms with Crippen molar-refractivity contribution in [1.29, 1.82) is 0 Å². The van der Waals surface area contributed by atoms with Crippen molar-refractivity contribution in [2.24, 2.45) is 0 Å². The summed E-state index contributed by atoms with van der Waals surface area (Å²) >= 11 is 0. The van der Waals surface area contributed by atoms with Gasteiger partial charge in [-0.15, -0.1) is 37.2 Å². The monoisotopic (exact) mass is 647 g/mol. The Balaban J connectivity index is 0.00000215. The molecule has 234 valence electrons. The molecule has 0 radical (unpaired) electrons. The van der Waals surface area contributed by atoms with E-state index in [0.29, 0.717) is 0 Å². The minimum absolute atomic E-state index is 0. The summed E-state index contributed by atoms with van der Waals surface area (Å²) in [7, 11) is 3.36. The van der Waals surface area contributed by atoms with Crippen molar-refractivity contribution in [3.63, 3.8) is 0 Å². The van der Waals surface area contributed by atoms with Crippen LogP contribution in [0.1, 0.15) is 40.7 Å². The summed E-state index contributed by atoms with van der Waals surface area (Å²) in [6.45, 7) is 13.3. The first-order valence-electron chi connectivity index (χ1n) is 14.2. The van der Waals surface area contributed by atoms with Gasteiger partial charge in [0.2, 0.25) is 0 Å². The first kappa shape index (κ1) is 36.4. The van der Waals surface area contributed by atoms with E-state index in [0.717, 1.165) is 86.4 Å². The molecular weight excluding hydrogens is 605 g/mol. The number of halogens is 3. The Morgan fingerprint density at radius 3 is 2.07 bits per heavy atom. The van der Waals surface area contributed by atoms with Crippen molar-refractivity contribution in [3.8, 4) is 11.5 Å². The number of fused-ring (bicyclic) bond motifs is 1. The van der Waals surface area contributed by atoms with E-state index in [1.807, 2.05) is 6.07 Å². The molecule has 10 heteroatoms. The zero-order chi connectivity index (χ0) is 28.1. The van der Waals surface area contributed by atoms with Crippen LogP contribution >= 0.6 is 37.2 Å². The van der Waals surface area contributed by atoms with Gasteiger partial charge in [0.25, 0.3) is 0 Å². The maximum atomic E-state index is 5.46. The summed E-state index contributed by atoms with van der Waals surface area (Å²) in [4.78, 5) is 14.7. The maximum absolute atomic E-state index is 5.46. The Morgan fingerprint density at radius 1 is 0.767 bits per heavy atom. The summed E-state index contributed by atoms with van der Waals surface area (Å²) in [5.41, 5.74) is 7.97. The summed E-state index contributed by atoms with van der Waals surface area (Å²) in [6, 6.07) is 17.2. The number of hydrogen-bond donors (Lipinski definition) is 0. The molecule has 2 aromatic heterocycles. The van der Waals surface area contributed by atoms with Crippen LogP contribution in [-0.4, -0.2) is 71.3 Å². The Morgan fingerprint density at radius 2 is 1.42 bits per heavy atom. The lowest BCUT2D eigenvalue weighted by molar-refractivity contribution is 0.137. The SMILES string of the molecule is CCc1nc2c(C)cc(C)nc2n1Cc1ccc(/C=C/CN2CCN(Cc3ccc(OC)c(OC)c3)CC2)cc1.Cl.Cl.Cl. The fourth-order valence-electron chi connectivity index (χ4n) is 5.51. The number of hydrogen-bond acceptors (Lipinski definition) is 6. The molecule has 7 nitrogen and oxygen atoms in total. The van der Waals surface area contributed by atoms with E-state index in [9.17, 15) is 0 Å². The smallest absolute Gasteiger partial charge is 0.161 e. The lowest BCUT2D eigenvalue weighted by Crippen LogP contribution is -2.45. The average molecular weight is 649 g/mol. The molecule has 0 amide bonds. The van der Waals surface area contributed by atoms with Gasteiger partial charge in [-0.2, -0.15) is 0 Å². The van der Waals surface area contributed by atoms with E-state index < -0.39 is 0 Å². The van der Waals surface area contributed by atoms with Gasteiger partial charge in [-0.3, -0.25) is 9.80 Å². The normalized spacial score (nSPS) is 13.8. The van der Waals surface area contributed by atoms with Gasteiger partial charge in [0.05, 0.1) is 20.8 Å². The van der Waals surface area contributed by atoms with Crippen LogP contribution in [0.25, 0.3) is 17.2 Å². The molecule has 0 atom stereocenters. The van der Waals surface area contributed by atoms with Gasteiger partial charge in [-0.25, -0.2) is 9.97 Å². The van der Waals surface area contributed by atoms with Gasteiger partial charge in [0, 0.05) is 51.4 Å². The molecule has 0 bridgehead atoms. The van der Waals surface area contributed by atoms with E-state index in [2.05, 4.69) is 89.8 Å². The van der Waals surface area contributed by atoms with Crippen molar-refractivity contribution in [1.82, 2.24) is 24.3 Å². The fourth-order valence-corrected chi connectivity index (χ4v) is 5.51. The largest absolute Gasteiger partial charge is 0.493 e. The molecule has 1 aliphatic heterocycles. The second kappa shape index (κ2) is 16.9. The molecule has 0 spiro atoms. The van der Waals surface area contributed by atoms with Crippen LogP contribution in [0.4, 0.5) is 0 Å². The number of aryl methyl sites for hydroxylation is 3. The third-order valence-corrected chi connectivity index (χ3v) is 7.73. The predicted octanol–water partition coefficient (Wildman–Crippen LogP) is 6.77. The van der Waals surface area contributed by atoms with Crippen LogP contribution in [0.15, 0.2) is 54.6 Å². The second-order valence-electron chi connectivity index (χ2n) is 10.6. The quantitative estimate of drug-likeness (QED) is 0.189. The van der Waals surface area contributed by atoms with E-state index >= 15 is 0 Å². The highest BCUT2D eigenvalue weighted by atomic mass is 35.5. The number of pyridine rings is 1. The molecule has 3 heterocycles. The van der Waals surface area contributed by atoms with Gasteiger partial charge in [0.15, 0.2) is 17.1 Å². The first-order chi connectivity index (χ1) is 19.5. The standard InChI is InChI=1S/C33H41N5O2.3ClH/c1-6-31-35-32-24(2)20-25(3)34-33(32)38(31)23-27-11-9-26(10-12-27)8-7-15-36-16-18-37(19-17-36)22-28-13-14-29(39-4)30(21-28)40-5;;;/h7-14,20-21H,6,15-19,22-23H2,1-5H3;3*1H/b8-7+;;;. The molecule has 0 unspecified atom stereocenters. The highest BCUT2D eigenvalue weighted by Gasteiger charge is 2.17. The zero-order valence-electron chi connectivity index (χ0n) is 25.7. The van der Waals surface area contributed by atoms with Crippen molar-refractivity contribution >= 4 is 54.5 Å². The summed E-state index contributed by atoms with van der Waals surface area (Å²) in [6.07, 6.45) is 5.41. The Labute approximate surface area is 274 Å². The van der Waals surface area contributed by atoms with Crippen LogP contribution in [0.2, 0.25) is 0 Å². The molecule has 1 fully saturated rings. The van der Waals surface area contributed by atoms with Crippen LogP contribution in [0.3, 0.4) is 0 Å². The summed E-state index contributed by atoms with van der Waals surface area (Å²) < 4.78 is 13.1. The first-order valence-corrected chi connectivity index (χ1v) is 14.2. The van der Waals surface area contributed by atoms with Crippen LogP contribution in [-0.2, 0) is 19.5 Å². The van der Waals surface area contributed by atoms with Crippen molar-refractivity contribution < 1.29 is 9.47 Å². The minimum atomic E-state index is 0. The van der Waals surface area contributed by atoms with Crippen LogP contribution in [0.5, 0.6) is 11.5 Å². The molecule has 2 aromatic carbocycles. The molecular formula is C33H44Cl3N5O2. The number of imidazole rings is 1. The molecule has 0 N–H and O–H groups in total. The molecule has 1 saturated heterocycles. The van der Waals surface area contributed by atoms with Crippen molar-refractivity contribution in [2.75, 3.05) is 46.9 Å². The second-order valence-corrected chi connectivity index (χ2v) is 10.6. The average Bonchev–Trinajstić information content (AvgIpc) is 3.32. The molecule has 0 saturated carbocycles. The van der Waals surface area contributed by atoms with Gasteiger partial charge < -0.3 is 14.0 Å². The number of ether oxygens (including phenoxy) is 2. The Hall–Kier alpha value is -2.81. The highest BCUT2D eigenvalue weighted by molar-refractivity contribution is 5.86. The zero-order valence-corrected chi connectivity index (χ0v) is 28.2. The number of benzene rings is 2. The summed E-state index contributed by atoms with van der Waals surface area (Å²) in [5, 5.41) is 0. The summed E-state index contributed by atoms with van der Waals surface area (Å²) in [5.74, 6) is 2.65. The highest BCUT2D eigenvalue weighted by Crippen LogP contribution is 2.28. The topological polar surface area (TPSA) is 55.7 Å². The van der Waals surface area contributed by atoms with Gasteiger partial charge >= 0.3 is 0 Å². The Bertz CT molecular complexity index is 1480. The molecule has 1 aliphatic rings. The predicted molar refractivity (Wildman–Crippen MR) is 184 cm³/mol. The molecule has 5 rings (SSSR count). The molecule has 43 heavy (non-hydrogen) atoms. The lowest BCUT2D eigenvalue weighted by Gasteiger charge is -2.34. The van der Waals surface area contributed by atoms with E-state index in [4.69, 9.17) is 19.4 Å². The van der Waals surface area contributed by atoms with Gasteiger partial charge in [-0.1, -0.05) is 49.4 Å². The van der Waals surface area contributed by atoms with E-state index in [1.54, 1.807) is 14.2 Å². The van der Waals surface area contributed by atoms with E-state index in [-0.39, 0.29) is 37.2 Å². The van der Waals surface area contributed by atoms with Crippen LogP contribution in [0, 0.1) is 13.8 Å². The Kier molecular flexibility index (Phi) is 14.3. The molecule has 4 aromatic rings. The number of aromatic nitrogens is 3. The fraction of sp³-hybridized carbons (Fsp3) is 0.394. The van der Waals surface area contributed by atoms with Gasteiger partial charge in [-0.05, 0) is 54.3 Å². The lowest BCUT2D eigenvalue weighted by atomic mass is 10.1. The number of piperazine rings is 1. The van der Waals surface area contributed by atoms with Crippen molar-refractivity contribution in [3.05, 3.63) is 88.4 Å². The maximum Gasteiger partial charge on any atom is 0.161 e. The van der Waals surface area contributed by atoms with E-state index in [1.165, 1.54) is 22.3 Å². The van der Waals surface area contributed by atoms with Crippen molar-refractivity contribution in [2.45, 2.75) is 40.3 Å². The third kappa shape index (κ3) is 8.87. The number of rotatable bonds is 10.